The van der Waals surface area contributed by atoms with Crippen LogP contribution in [0, 0.1) is 6.92 Å². The molecule has 0 unspecified atom stereocenters. The maximum absolute atomic E-state index is 4.78. The molecule has 4 aromatic rings. The van der Waals surface area contributed by atoms with Crippen molar-refractivity contribution < 1.29 is 4.68 Å². The van der Waals surface area contributed by atoms with Crippen molar-refractivity contribution in [1.82, 2.24) is 9.50 Å². The minimum absolute atomic E-state index is 0.0744. The Kier molecular flexibility index (Phi) is 2.80. The van der Waals surface area contributed by atoms with Gasteiger partial charge in [-0.1, -0.05) is 39.0 Å². The average Bonchev–Trinajstić information content (AvgIpc) is 2.88. The molecule has 0 N–H and O–H groups in total. The summed E-state index contributed by atoms with van der Waals surface area (Å²) in [6, 6.07) is 10.9. The van der Waals surface area contributed by atoms with Crippen molar-refractivity contribution in [2.45, 2.75) is 33.1 Å². The van der Waals surface area contributed by atoms with Crippen LogP contribution in [0.1, 0.15) is 31.9 Å². The van der Waals surface area contributed by atoms with Crippen molar-refractivity contribution >= 4 is 27.3 Å². The fourth-order valence-corrected chi connectivity index (χ4v) is 3.61. The molecule has 0 saturated heterocycles. The van der Waals surface area contributed by atoms with Crippen molar-refractivity contribution in [3.63, 3.8) is 0 Å². The molecule has 3 aromatic heterocycles. The second-order valence-electron chi connectivity index (χ2n) is 7.39. The van der Waals surface area contributed by atoms with Gasteiger partial charge in [-0.3, -0.25) is 4.98 Å². The lowest BCUT2D eigenvalue weighted by Gasteiger charge is -2.22. The highest BCUT2D eigenvalue weighted by molar-refractivity contribution is 6.12. The van der Waals surface area contributed by atoms with Crippen LogP contribution in [-0.4, -0.2) is 9.50 Å². The zero-order valence-electron chi connectivity index (χ0n) is 14.4. The molecule has 3 nitrogen and oxygen atoms in total. The maximum atomic E-state index is 4.78. The predicted octanol–water partition coefficient (Wildman–Crippen LogP) is 4.07. The highest BCUT2D eigenvalue weighted by atomic mass is 15.3. The van der Waals surface area contributed by atoms with Crippen LogP contribution in [0.25, 0.3) is 27.3 Å². The zero-order chi connectivity index (χ0) is 16.4. The Morgan fingerprint density at radius 3 is 2.61 bits per heavy atom. The van der Waals surface area contributed by atoms with Crippen molar-refractivity contribution in [3.8, 4) is 0 Å². The van der Waals surface area contributed by atoms with Crippen LogP contribution in [0.15, 0.2) is 42.7 Å². The quantitative estimate of drug-likeness (QED) is 0.354. The molecule has 0 aliphatic carbocycles. The number of pyridine rings is 2. The topological polar surface area (TPSA) is 21.2 Å². The first-order chi connectivity index (χ1) is 10.9. The summed E-state index contributed by atoms with van der Waals surface area (Å²) in [7, 11) is 2.08. The van der Waals surface area contributed by atoms with E-state index in [-0.39, 0.29) is 5.41 Å². The molecular weight excluding hydrogens is 282 g/mol. The Labute approximate surface area is 136 Å². The fourth-order valence-electron chi connectivity index (χ4n) is 3.61. The number of aromatic nitrogens is 3. The van der Waals surface area contributed by atoms with Crippen molar-refractivity contribution in [2.24, 2.45) is 7.05 Å². The number of aryl methyl sites for hydroxylation is 2. The van der Waals surface area contributed by atoms with Crippen molar-refractivity contribution in [1.29, 1.82) is 0 Å². The monoisotopic (exact) mass is 304 g/mol. The molecule has 0 fully saturated rings. The van der Waals surface area contributed by atoms with E-state index >= 15 is 0 Å². The lowest BCUT2D eigenvalue weighted by molar-refractivity contribution is -0.735. The van der Waals surface area contributed by atoms with Crippen LogP contribution in [-0.2, 0) is 12.5 Å². The van der Waals surface area contributed by atoms with Gasteiger partial charge in [-0.25, -0.2) is 0 Å². The van der Waals surface area contributed by atoms with Gasteiger partial charge >= 0.3 is 0 Å². The van der Waals surface area contributed by atoms with Gasteiger partial charge in [0, 0.05) is 23.0 Å². The highest BCUT2D eigenvalue weighted by Crippen LogP contribution is 2.36. The van der Waals surface area contributed by atoms with Gasteiger partial charge in [0.15, 0.2) is 13.2 Å². The van der Waals surface area contributed by atoms with Gasteiger partial charge < -0.3 is 0 Å². The first-order valence-electron chi connectivity index (χ1n) is 8.07. The second kappa shape index (κ2) is 4.54. The lowest BCUT2D eigenvalue weighted by atomic mass is 9.83. The summed E-state index contributed by atoms with van der Waals surface area (Å²) in [4.78, 5) is 4.78. The van der Waals surface area contributed by atoms with E-state index in [1.54, 1.807) is 0 Å². The summed E-state index contributed by atoms with van der Waals surface area (Å²) < 4.78 is 4.40. The lowest BCUT2D eigenvalue weighted by Crippen LogP contribution is -2.34. The van der Waals surface area contributed by atoms with Gasteiger partial charge in [-0.2, -0.15) is 0 Å². The Morgan fingerprint density at radius 2 is 1.87 bits per heavy atom. The largest absolute Gasteiger partial charge is 0.254 e. The summed E-state index contributed by atoms with van der Waals surface area (Å²) in [5, 5.41) is 2.55. The molecule has 116 valence electrons. The summed E-state index contributed by atoms with van der Waals surface area (Å²) >= 11 is 0. The third-order valence-electron chi connectivity index (χ3n) is 4.71. The predicted molar refractivity (Wildman–Crippen MR) is 94.8 cm³/mol. The molecule has 0 amide bonds. The van der Waals surface area contributed by atoms with E-state index in [1.165, 1.54) is 32.9 Å². The Hall–Kier alpha value is -2.42. The zero-order valence-corrected chi connectivity index (χ0v) is 14.4. The Balaban J connectivity index is 2.42. The standard InChI is InChI=1S/C20H22N3/c1-13-9-11-21-18-17-14(7-6-8-15(17)20(2,3)4)16-10-12-22(5)23(16)19(13)18/h6-12H,1-5H3/q+1. The minimum atomic E-state index is 0.0744. The SMILES string of the molecule is Cc1ccnc2c3c(C(C)(C)C)cccc3c3cc[n+](C)n3c12. The normalized spacial score (nSPS) is 12.6. The van der Waals surface area contributed by atoms with Crippen LogP contribution in [0.2, 0.25) is 0 Å². The smallest absolute Gasteiger partial charge is 0.196 e. The van der Waals surface area contributed by atoms with E-state index in [9.17, 15) is 0 Å². The van der Waals surface area contributed by atoms with Gasteiger partial charge in [-0.05, 0) is 29.5 Å². The van der Waals surface area contributed by atoms with Crippen LogP contribution >= 0.6 is 0 Å². The maximum Gasteiger partial charge on any atom is 0.196 e. The summed E-state index contributed by atoms with van der Waals surface area (Å²) in [5.41, 5.74) is 6.19. The number of benzene rings is 1. The van der Waals surface area contributed by atoms with E-state index in [0.717, 1.165) is 5.52 Å². The molecule has 3 heterocycles. The first-order valence-corrected chi connectivity index (χ1v) is 8.07. The molecule has 0 aliphatic rings. The third-order valence-corrected chi connectivity index (χ3v) is 4.71. The highest BCUT2D eigenvalue weighted by Gasteiger charge is 2.23. The van der Waals surface area contributed by atoms with Crippen LogP contribution < -0.4 is 4.68 Å². The van der Waals surface area contributed by atoms with E-state index in [0.29, 0.717) is 0 Å². The first kappa shape index (κ1) is 14.2. The molecule has 0 spiro atoms. The van der Waals surface area contributed by atoms with E-state index in [1.807, 2.05) is 6.20 Å². The van der Waals surface area contributed by atoms with Gasteiger partial charge in [0.2, 0.25) is 0 Å². The van der Waals surface area contributed by atoms with Gasteiger partial charge in [0.25, 0.3) is 0 Å². The molecule has 23 heavy (non-hydrogen) atoms. The number of fused-ring (bicyclic) bond motifs is 6. The van der Waals surface area contributed by atoms with Gasteiger partial charge in [-0.15, -0.1) is 9.20 Å². The number of hydrogen-bond donors (Lipinski definition) is 0. The number of hydrogen-bond acceptors (Lipinski definition) is 1. The molecule has 4 rings (SSSR count). The van der Waals surface area contributed by atoms with E-state index in [2.05, 4.69) is 80.5 Å². The average molecular weight is 304 g/mol. The molecule has 3 heteroatoms. The second-order valence-corrected chi connectivity index (χ2v) is 7.39. The fraction of sp³-hybridized carbons (Fsp3) is 0.300. The molecule has 1 aromatic carbocycles. The van der Waals surface area contributed by atoms with Crippen molar-refractivity contribution in [2.75, 3.05) is 0 Å². The van der Waals surface area contributed by atoms with Gasteiger partial charge in [0.05, 0.1) is 0 Å². The molecule has 0 aliphatic heterocycles. The summed E-state index contributed by atoms with van der Waals surface area (Å²) in [6.45, 7) is 8.97. The Bertz CT molecular complexity index is 1070. The molecule has 0 saturated carbocycles. The van der Waals surface area contributed by atoms with E-state index < -0.39 is 0 Å². The molecule has 0 atom stereocenters. The molecular formula is C20H22N3+. The van der Waals surface area contributed by atoms with Crippen LogP contribution in [0.5, 0.6) is 0 Å². The van der Waals surface area contributed by atoms with Gasteiger partial charge in [0.1, 0.15) is 16.6 Å². The van der Waals surface area contributed by atoms with Crippen LogP contribution in [0.3, 0.4) is 0 Å². The third kappa shape index (κ3) is 1.89. The minimum Gasteiger partial charge on any atom is -0.254 e. The number of rotatable bonds is 0. The van der Waals surface area contributed by atoms with Crippen LogP contribution in [0.4, 0.5) is 0 Å². The summed E-state index contributed by atoms with van der Waals surface area (Å²) in [6.07, 6.45) is 4.04. The molecule has 0 radical (unpaired) electrons. The molecule has 0 bridgehead atoms. The van der Waals surface area contributed by atoms with Crippen molar-refractivity contribution in [3.05, 3.63) is 53.9 Å². The van der Waals surface area contributed by atoms with E-state index in [4.69, 9.17) is 4.98 Å². The summed E-state index contributed by atoms with van der Waals surface area (Å²) in [5.74, 6) is 0. The number of nitrogens with zero attached hydrogens (tertiary/aromatic N) is 3. The Morgan fingerprint density at radius 1 is 1.09 bits per heavy atom.